The summed E-state index contributed by atoms with van der Waals surface area (Å²) >= 11 is 10.9. The molecule has 0 spiro atoms. The Balaban J connectivity index is 2.90. The lowest BCUT2D eigenvalue weighted by Crippen LogP contribution is -2.06. The van der Waals surface area contributed by atoms with Crippen LogP contribution in [0.25, 0.3) is 0 Å². The molecule has 0 N–H and O–H groups in total. The molecule has 1 rings (SSSR count). The van der Waals surface area contributed by atoms with E-state index in [1.807, 2.05) is 0 Å². The maximum absolute atomic E-state index is 12.2. The molecule has 0 radical (unpaired) electrons. The minimum absolute atomic E-state index is 0.215. The van der Waals surface area contributed by atoms with Crippen molar-refractivity contribution in [1.82, 2.24) is 0 Å². The highest BCUT2D eigenvalue weighted by Crippen LogP contribution is 2.30. The molecule has 0 saturated carbocycles. The van der Waals surface area contributed by atoms with Crippen molar-refractivity contribution in [2.24, 2.45) is 0 Å². The standard InChI is InChI=1S/C9H7Cl2F3/c10-8(11)5-6-2-1-3-7(4-6)9(12,13)14/h1-4,8H,5H2. The summed E-state index contributed by atoms with van der Waals surface area (Å²) in [5, 5.41) is 0. The van der Waals surface area contributed by atoms with E-state index in [4.69, 9.17) is 23.2 Å². The molecule has 0 aliphatic heterocycles. The van der Waals surface area contributed by atoms with Crippen LogP contribution in [0.3, 0.4) is 0 Å². The van der Waals surface area contributed by atoms with Gasteiger partial charge in [-0.1, -0.05) is 18.2 Å². The predicted molar refractivity (Wildman–Crippen MR) is 50.6 cm³/mol. The molecule has 5 heteroatoms. The zero-order valence-corrected chi connectivity index (χ0v) is 8.50. The predicted octanol–water partition coefficient (Wildman–Crippen LogP) is 4.05. The molecule has 0 aliphatic rings. The van der Waals surface area contributed by atoms with Gasteiger partial charge in [-0.05, 0) is 11.6 Å². The monoisotopic (exact) mass is 242 g/mol. The van der Waals surface area contributed by atoms with E-state index >= 15 is 0 Å². The molecule has 0 heterocycles. The Bertz CT molecular complexity index is 307. The molecule has 0 amide bonds. The van der Waals surface area contributed by atoms with Crippen LogP contribution in [-0.2, 0) is 12.6 Å². The lowest BCUT2D eigenvalue weighted by molar-refractivity contribution is -0.137. The van der Waals surface area contributed by atoms with Crippen molar-refractivity contribution in [2.75, 3.05) is 0 Å². The van der Waals surface area contributed by atoms with Gasteiger partial charge in [0.2, 0.25) is 0 Å². The SMILES string of the molecule is FC(F)(F)c1cccc(CC(Cl)Cl)c1. The smallest absolute Gasteiger partial charge is 0.166 e. The van der Waals surface area contributed by atoms with E-state index in [1.54, 1.807) is 6.07 Å². The van der Waals surface area contributed by atoms with Gasteiger partial charge in [0.1, 0.15) is 4.84 Å². The Morgan fingerprint density at radius 2 is 1.86 bits per heavy atom. The maximum atomic E-state index is 12.2. The van der Waals surface area contributed by atoms with Crippen LogP contribution in [0.4, 0.5) is 13.2 Å². The van der Waals surface area contributed by atoms with Crippen LogP contribution >= 0.6 is 23.2 Å². The Morgan fingerprint density at radius 1 is 1.21 bits per heavy atom. The van der Waals surface area contributed by atoms with E-state index in [0.29, 0.717) is 5.56 Å². The van der Waals surface area contributed by atoms with E-state index in [-0.39, 0.29) is 6.42 Å². The fraction of sp³-hybridized carbons (Fsp3) is 0.333. The normalized spacial score (nSPS) is 12.1. The van der Waals surface area contributed by atoms with Crippen molar-refractivity contribution in [3.63, 3.8) is 0 Å². The summed E-state index contributed by atoms with van der Waals surface area (Å²) in [7, 11) is 0. The summed E-state index contributed by atoms with van der Waals surface area (Å²) in [4.78, 5) is -0.682. The van der Waals surface area contributed by atoms with E-state index in [9.17, 15) is 13.2 Å². The molecule has 1 aromatic rings. The van der Waals surface area contributed by atoms with Crippen LogP contribution in [0.15, 0.2) is 24.3 Å². The van der Waals surface area contributed by atoms with Crippen LogP contribution in [0.5, 0.6) is 0 Å². The molecule has 14 heavy (non-hydrogen) atoms. The number of hydrogen-bond donors (Lipinski definition) is 0. The Labute approximate surface area is 89.6 Å². The van der Waals surface area contributed by atoms with Gasteiger partial charge in [-0.15, -0.1) is 23.2 Å². The second-order valence-corrected chi connectivity index (χ2v) is 4.07. The number of rotatable bonds is 2. The molecule has 1 aromatic carbocycles. The minimum Gasteiger partial charge on any atom is -0.166 e. The summed E-state index contributed by atoms with van der Waals surface area (Å²) in [5.41, 5.74) is -0.196. The van der Waals surface area contributed by atoms with Gasteiger partial charge in [-0.3, -0.25) is 0 Å². The Kier molecular flexibility index (Phi) is 3.67. The molecule has 0 fully saturated rings. The Morgan fingerprint density at radius 3 is 2.36 bits per heavy atom. The van der Waals surface area contributed by atoms with Crippen LogP contribution in [0.1, 0.15) is 11.1 Å². The van der Waals surface area contributed by atoms with Crippen LogP contribution in [0, 0.1) is 0 Å². The zero-order chi connectivity index (χ0) is 10.8. The number of alkyl halides is 5. The first-order valence-corrected chi connectivity index (χ1v) is 4.71. The largest absolute Gasteiger partial charge is 0.416 e. The first-order chi connectivity index (χ1) is 6.39. The average molecular weight is 243 g/mol. The third kappa shape index (κ3) is 3.39. The summed E-state index contributed by atoms with van der Waals surface area (Å²) in [6.07, 6.45) is -4.10. The number of halogens is 5. The van der Waals surface area contributed by atoms with Gasteiger partial charge < -0.3 is 0 Å². The lowest BCUT2D eigenvalue weighted by atomic mass is 10.1. The molecule has 0 unspecified atom stereocenters. The highest BCUT2D eigenvalue weighted by atomic mass is 35.5. The summed E-state index contributed by atoms with van der Waals surface area (Å²) in [6, 6.07) is 4.97. The lowest BCUT2D eigenvalue weighted by Gasteiger charge is -2.08. The molecule has 78 valence electrons. The molecular formula is C9H7Cl2F3. The van der Waals surface area contributed by atoms with Crippen molar-refractivity contribution < 1.29 is 13.2 Å². The van der Waals surface area contributed by atoms with Gasteiger partial charge in [0, 0.05) is 6.42 Å². The van der Waals surface area contributed by atoms with Gasteiger partial charge in [0.15, 0.2) is 0 Å². The third-order valence-electron chi connectivity index (χ3n) is 1.64. The molecule has 0 bridgehead atoms. The number of benzene rings is 1. The quantitative estimate of drug-likeness (QED) is 0.687. The van der Waals surface area contributed by atoms with E-state index in [0.717, 1.165) is 12.1 Å². The molecule has 0 saturated heterocycles. The van der Waals surface area contributed by atoms with Gasteiger partial charge in [-0.2, -0.15) is 13.2 Å². The molecule has 0 aromatic heterocycles. The summed E-state index contributed by atoms with van der Waals surface area (Å²) < 4.78 is 36.7. The van der Waals surface area contributed by atoms with E-state index in [2.05, 4.69) is 0 Å². The van der Waals surface area contributed by atoms with Gasteiger partial charge >= 0.3 is 6.18 Å². The van der Waals surface area contributed by atoms with Crippen molar-refractivity contribution in [3.05, 3.63) is 35.4 Å². The van der Waals surface area contributed by atoms with Crippen molar-refractivity contribution in [3.8, 4) is 0 Å². The second kappa shape index (κ2) is 4.41. The van der Waals surface area contributed by atoms with Crippen LogP contribution < -0.4 is 0 Å². The fourth-order valence-corrected chi connectivity index (χ4v) is 1.41. The van der Waals surface area contributed by atoms with Gasteiger partial charge in [0.25, 0.3) is 0 Å². The first kappa shape index (κ1) is 11.7. The molecule has 0 atom stereocenters. The summed E-state index contributed by atoms with van der Waals surface area (Å²) in [5.74, 6) is 0. The third-order valence-corrected chi connectivity index (χ3v) is 1.95. The summed E-state index contributed by atoms with van der Waals surface area (Å²) in [6.45, 7) is 0. The highest BCUT2D eigenvalue weighted by Gasteiger charge is 2.30. The van der Waals surface area contributed by atoms with Gasteiger partial charge in [-0.25, -0.2) is 0 Å². The highest BCUT2D eigenvalue weighted by molar-refractivity contribution is 6.44. The average Bonchev–Trinajstić information content (AvgIpc) is 2.01. The molecular weight excluding hydrogens is 236 g/mol. The van der Waals surface area contributed by atoms with Crippen molar-refractivity contribution >= 4 is 23.2 Å². The zero-order valence-electron chi connectivity index (χ0n) is 6.98. The van der Waals surface area contributed by atoms with E-state index in [1.165, 1.54) is 6.07 Å². The van der Waals surface area contributed by atoms with Gasteiger partial charge in [0.05, 0.1) is 5.56 Å². The van der Waals surface area contributed by atoms with Crippen LogP contribution in [0.2, 0.25) is 0 Å². The Hall–Kier alpha value is -0.410. The minimum atomic E-state index is -4.32. The maximum Gasteiger partial charge on any atom is 0.416 e. The van der Waals surface area contributed by atoms with E-state index < -0.39 is 16.6 Å². The van der Waals surface area contributed by atoms with Crippen molar-refractivity contribution in [1.29, 1.82) is 0 Å². The first-order valence-electron chi connectivity index (χ1n) is 3.84. The fourth-order valence-electron chi connectivity index (χ4n) is 1.05. The topological polar surface area (TPSA) is 0 Å². The van der Waals surface area contributed by atoms with Crippen molar-refractivity contribution in [2.45, 2.75) is 17.4 Å². The molecule has 0 nitrogen and oxygen atoms in total. The number of hydrogen-bond acceptors (Lipinski definition) is 0. The van der Waals surface area contributed by atoms with Crippen LogP contribution in [-0.4, -0.2) is 4.84 Å². The second-order valence-electron chi connectivity index (χ2n) is 2.79. The molecule has 0 aliphatic carbocycles.